The molecule has 4 aromatic rings. The number of rotatable bonds is 4. The maximum Gasteiger partial charge on any atom is 0.125 e. The quantitative estimate of drug-likeness (QED) is 0.477. The third-order valence-electron chi connectivity index (χ3n) is 5.83. The molecule has 0 bridgehead atoms. The van der Waals surface area contributed by atoms with Crippen molar-refractivity contribution in [2.24, 2.45) is 10.2 Å². The van der Waals surface area contributed by atoms with Crippen molar-refractivity contribution in [1.82, 2.24) is 10.0 Å². The number of hydrogen-bond acceptors (Lipinski definition) is 6. The van der Waals surface area contributed by atoms with Crippen LogP contribution in [-0.2, 0) is 0 Å². The van der Waals surface area contributed by atoms with E-state index in [0.717, 1.165) is 58.9 Å². The van der Waals surface area contributed by atoms with E-state index in [-0.39, 0.29) is 11.5 Å². The molecular formula is C26H24N4O2. The number of nitrogens with zero attached hydrogens (tertiary/aromatic N) is 4. The molecule has 32 heavy (non-hydrogen) atoms. The van der Waals surface area contributed by atoms with E-state index in [1.165, 1.54) is 0 Å². The van der Waals surface area contributed by atoms with Crippen LogP contribution in [0.1, 0.15) is 11.1 Å². The Balaban J connectivity index is 1.27. The van der Waals surface area contributed by atoms with Gasteiger partial charge in [0, 0.05) is 11.1 Å². The molecular weight excluding hydrogens is 400 g/mol. The molecule has 1 saturated heterocycles. The highest BCUT2D eigenvalue weighted by Crippen LogP contribution is 2.26. The van der Waals surface area contributed by atoms with Crippen LogP contribution in [0.4, 0.5) is 0 Å². The number of hydrazone groups is 2. The predicted molar refractivity (Wildman–Crippen MR) is 130 cm³/mol. The molecule has 0 amide bonds. The van der Waals surface area contributed by atoms with E-state index < -0.39 is 0 Å². The van der Waals surface area contributed by atoms with E-state index in [2.05, 4.69) is 10.2 Å². The van der Waals surface area contributed by atoms with Gasteiger partial charge in [0.25, 0.3) is 0 Å². The van der Waals surface area contributed by atoms with Crippen LogP contribution in [0.2, 0.25) is 0 Å². The monoisotopic (exact) mass is 424 g/mol. The summed E-state index contributed by atoms with van der Waals surface area (Å²) < 4.78 is 0. The van der Waals surface area contributed by atoms with Crippen molar-refractivity contribution in [3.63, 3.8) is 0 Å². The molecule has 1 aliphatic heterocycles. The Morgan fingerprint density at radius 2 is 0.969 bits per heavy atom. The van der Waals surface area contributed by atoms with Crippen LogP contribution in [-0.4, -0.2) is 58.8 Å². The Labute approximate surface area is 186 Å². The molecule has 0 saturated carbocycles. The zero-order valence-corrected chi connectivity index (χ0v) is 17.6. The second-order valence-corrected chi connectivity index (χ2v) is 7.84. The van der Waals surface area contributed by atoms with Crippen molar-refractivity contribution in [2.45, 2.75) is 0 Å². The third-order valence-corrected chi connectivity index (χ3v) is 5.83. The van der Waals surface area contributed by atoms with Crippen molar-refractivity contribution in [2.75, 3.05) is 26.2 Å². The molecule has 6 heteroatoms. The first kappa shape index (κ1) is 19.9. The van der Waals surface area contributed by atoms with E-state index in [1.807, 2.05) is 70.7 Å². The van der Waals surface area contributed by atoms with Crippen LogP contribution in [0.5, 0.6) is 11.5 Å². The van der Waals surface area contributed by atoms with Crippen molar-refractivity contribution < 1.29 is 10.2 Å². The summed E-state index contributed by atoms with van der Waals surface area (Å²) in [5.74, 6) is 0.455. The van der Waals surface area contributed by atoms with Gasteiger partial charge in [-0.2, -0.15) is 10.2 Å². The number of phenolic OH excluding ortho intramolecular Hbond substituents is 2. The molecule has 160 valence electrons. The Hall–Kier alpha value is -4.06. The predicted octanol–water partition coefficient (Wildman–Crippen LogP) is 4.39. The number of piperazine rings is 1. The van der Waals surface area contributed by atoms with Gasteiger partial charge in [0.1, 0.15) is 11.5 Å². The molecule has 0 atom stereocenters. The summed E-state index contributed by atoms with van der Waals surface area (Å²) in [6, 6.07) is 23.2. The van der Waals surface area contributed by atoms with E-state index in [9.17, 15) is 10.2 Å². The highest BCUT2D eigenvalue weighted by Gasteiger charge is 2.14. The van der Waals surface area contributed by atoms with E-state index in [4.69, 9.17) is 0 Å². The molecule has 1 heterocycles. The smallest absolute Gasteiger partial charge is 0.125 e. The van der Waals surface area contributed by atoms with E-state index in [0.29, 0.717) is 0 Å². The van der Waals surface area contributed by atoms with Gasteiger partial charge in [-0.15, -0.1) is 0 Å². The van der Waals surface area contributed by atoms with Gasteiger partial charge in [0.2, 0.25) is 0 Å². The first-order chi connectivity index (χ1) is 15.7. The lowest BCUT2D eigenvalue weighted by molar-refractivity contribution is 0.141. The normalized spacial score (nSPS) is 14.9. The first-order valence-corrected chi connectivity index (χ1v) is 10.7. The topological polar surface area (TPSA) is 71.7 Å². The van der Waals surface area contributed by atoms with Crippen LogP contribution in [0.3, 0.4) is 0 Å². The maximum absolute atomic E-state index is 10.3. The molecule has 1 fully saturated rings. The summed E-state index contributed by atoms with van der Waals surface area (Å²) in [5, 5.41) is 37.9. The minimum Gasteiger partial charge on any atom is -0.507 e. The number of phenols is 2. The van der Waals surface area contributed by atoms with Gasteiger partial charge in [-0.3, -0.25) is 10.0 Å². The zero-order chi connectivity index (χ0) is 21.9. The lowest BCUT2D eigenvalue weighted by Crippen LogP contribution is -2.41. The molecule has 0 unspecified atom stereocenters. The van der Waals surface area contributed by atoms with Gasteiger partial charge in [-0.25, -0.2) is 0 Å². The average molecular weight is 425 g/mol. The van der Waals surface area contributed by atoms with Crippen LogP contribution in [0.25, 0.3) is 21.5 Å². The fourth-order valence-electron chi connectivity index (χ4n) is 4.03. The van der Waals surface area contributed by atoms with Crippen LogP contribution in [0, 0.1) is 0 Å². The molecule has 6 nitrogen and oxygen atoms in total. The number of benzene rings is 4. The van der Waals surface area contributed by atoms with Crippen LogP contribution >= 0.6 is 0 Å². The van der Waals surface area contributed by atoms with Crippen LogP contribution < -0.4 is 0 Å². The molecule has 0 aromatic heterocycles. The first-order valence-electron chi connectivity index (χ1n) is 10.7. The van der Waals surface area contributed by atoms with Crippen LogP contribution in [0.15, 0.2) is 83.0 Å². The second kappa shape index (κ2) is 8.59. The van der Waals surface area contributed by atoms with Crippen molar-refractivity contribution in [3.05, 3.63) is 83.9 Å². The van der Waals surface area contributed by atoms with Crippen molar-refractivity contribution in [3.8, 4) is 11.5 Å². The molecule has 2 N–H and O–H groups in total. The maximum atomic E-state index is 10.3. The number of hydrogen-bond donors (Lipinski definition) is 2. The Morgan fingerprint density at radius 3 is 1.41 bits per heavy atom. The van der Waals surface area contributed by atoms with Crippen molar-refractivity contribution >= 4 is 34.0 Å². The van der Waals surface area contributed by atoms with Gasteiger partial charge in [-0.1, -0.05) is 60.7 Å². The minimum absolute atomic E-state index is 0.227. The summed E-state index contributed by atoms with van der Waals surface area (Å²) >= 11 is 0. The number of fused-ring (bicyclic) bond motifs is 2. The molecule has 0 aliphatic carbocycles. The Kier molecular flexibility index (Phi) is 5.34. The molecule has 5 rings (SSSR count). The van der Waals surface area contributed by atoms with Crippen molar-refractivity contribution in [1.29, 1.82) is 0 Å². The lowest BCUT2D eigenvalue weighted by atomic mass is 10.0. The highest BCUT2D eigenvalue weighted by atomic mass is 16.3. The lowest BCUT2D eigenvalue weighted by Gasteiger charge is -2.31. The molecule has 1 aliphatic rings. The second-order valence-electron chi connectivity index (χ2n) is 7.84. The van der Waals surface area contributed by atoms with Gasteiger partial charge >= 0.3 is 0 Å². The third kappa shape index (κ3) is 3.95. The molecule has 4 aromatic carbocycles. The average Bonchev–Trinajstić information content (AvgIpc) is 2.83. The summed E-state index contributed by atoms with van der Waals surface area (Å²) in [5.41, 5.74) is 1.46. The highest BCUT2D eigenvalue weighted by molar-refractivity contribution is 6.03. The fourth-order valence-corrected chi connectivity index (χ4v) is 4.03. The summed E-state index contributed by atoms with van der Waals surface area (Å²) in [4.78, 5) is 0. The Bertz CT molecular complexity index is 1220. The van der Waals surface area contributed by atoms with Gasteiger partial charge in [-0.05, 0) is 33.7 Å². The Morgan fingerprint density at radius 1 is 0.562 bits per heavy atom. The van der Waals surface area contributed by atoms with E-state index in [1.54, 1.807) is 24.6 Å². The standard InChI is InChI=1S/C26H24N4O2/c31-25-11-9-19-5-1-3-7-21(19)23(25)17-27-29-13-15-30(16-14-29)28-18-24-22-8-4-2-6-20(22)10-12-26(24)32/h1-12,17-18,31-32H,13-16H2/b27-17+,28-18+. The molecule has 0 radical (unpaired) electrons. The summed E-state index contributed by atoms with van der Waals surface area (Å²) in [7, 11) is 0. The number of aromatic hydroxyl groups is 2. The summed E-state index contributed by atoms with van der Waals surface area (Å²) in [6.45, 7) is 2.89. The fraction of sp³-hybridized carbons (Fsp3) is 0.154. The zero-order valence-electron chi connectivity index (χ0n) is 17.6. The van der Waals surface area contributed by atoms with Gasteiger partial charge in [0.05, 0.1) is 38.6 Å². The largest absolute Gasteiger partial charge is 0.507 e. The molecule has 0 spiro atoms. The van der Waals surface area contributed by atoms with Gasteiger partial charge < -0.3 is 10.2 Å². The van der Waals surface area contributed by atoms with Gasteiger partial charge in [0.15, 0.2) is 0 Å². The minimum atomic E-state index is 0.227. The SMILES string of the molecule is Oc1ccc2ccccc2c1/C=N/N1CCN(/N=C/c2c(O)ccc3ccccc23)CC1. The van der Waals surface area contributed by atoms with E-state index >= 15 is 0 Å². The summed E-state index contributed by atoms with van der Waals surface area (Å²) in [6.07, 6.45) is 3.48.